The topological polar surface area (TPSA) is 131 Å². The van der Waals surface area contributed by atoms with Gasteiger partial charge in [0.25, 0.3) is 5.91 Å². The molecule has 0 atom stereocenters. The summed E-state index contributed by atoms with van der Waals surface area (Å²) < 4.78 is 36.4. The van der Waals surface area contributed by atoms with Gasteiger partial charge in [0.1, 0.15) is 5.75 Å². The normalized spacial score (nSPS) is 11.0. The number of carbonyl (C=O) groups is 2. The van der Waals surface area contributed by atoms with Gasteiger partial charge in [-0.25, -0.2) is 17.9 Å². The van der Waals surface area contributed by atoms with Crippen LogP contribution in [0.2, 0.25) is 0 Å². The number of nitrogens with one attached hydrogen (secondary N) is 2. The fourth-order valence-corrected chi connectivity index (χ4v) is 3.17. The zero-order valence-corrected chi connectivity index (χ0v) is 15.9. The molecule has 10 heteroatoms. The van der Waals surface area contributed by atoms with E-state index in [1.165, 1.54) is 37.4 Å². The molecule has 28 heavy (non-hydrogen) atoms. The maximum absolute atomic E-state index is 12.3. The Morgan fingerprint density at radius 2 is 1.82 bits per heavy atom. The molecule has 3 N–H and O–H groups in total. The summed E-state index contributed by atoms with van der Waals surface area (Å²) in [6.07, 6.45) is 0. The third kappa shape index (κ3) is 6.34. The highest BCUT2D eigenvalue weighted by Crippen LogP contribution is 2.18. The van der Waals surface area contributed by atoms with Crippen LogP contribution < -0.4 is 14.8 Å². The minimum absolute atomic E-state index is 0.0317. The van der Waals surface area contributed by atoms with Crippen molar-refractivity contribution in [2.75, 3.05) is 32.2 Å². The number of methoxy groups -OCH3 is 1. The van der Waals surface area contributed by atoms with Gasteiger partial charge in [-0.05, 0) is 36.4 Å². The van der Waals surface area contributed by atoms with Gasteiger partial charge < -0.3 is 19.9 Å². The molecular weight excluding hydrogens is 388 g/mol. The molecule has 0 radical (unpaired) electrons. The third-order valence-corrected chi connectivity index (χ3v) is 4.96. The van der Waals surface area contributed by atoms with E-state index in [2.05, 4.69) is 10.0 Å². The molecule has 9 nitrogen and oxygen atoms in total. The number of ether oxygens (including phenoxy) is 2. The van der Waals surface area contributed by atoms with Crippen LogP contribution >= 0.6 is 0 Å². The van der Waals surface area contributed by atoms with E-state index in [1.807, 2.05) is 0 Å². The van der Waals surface area contributed by atoms with Crippen LogP contribution in [0.3, 0.4) is 0 Å². The van der Waals surface area contributed by atoms with Crippen LogP contribution in [-0.4, -0.2) is 52.3 Å². The summed E-state index contributed by atoms with van der Waals surface area (Å²) >= 11 is 0. The second kappa shape index (κ2) is 9.83. The monoisotopic (exact) mass is 408 g/mol. The number of hydrogen-bond donors (Lipinski definition) is 3. The summed E-state index contributed by atoms with van der Waals surface area (Å²) in [5.41, 5.74) is 0.665. The zero-order valence-electron chi connectivity index (χ0n) is 15.0. The molecule has 2 rings (SSSR count). The van der Waals surface area contributed by atoms with Gasteiger partial charge in [0.05, 0.1) is 11.5 Å². The first-order valence-corrected chi connectivity index (χ1v) is 9.65. The van der Waals surface area contributed by atoms with Crippen molar-refractivity contribution in [3.05, 3.63) is 54.1 Å². The Morgan fingerprint density at radius 1 is 1.11 bits per heavy atom. The van der Waals surface area contributed by atoms with Crippen LogP contribution in [0.1, 0.15) is 10.4 Å². The molecule has 2 aromatic rings. The summed E-state index contributed by atoms with van der Waals surface area (Å²) in [7, 11) is -2.21. The third-order valence-electron chi connectivity index (χ3n) is 3.48. The second-order valence-electron chi connectivity index (χ2n) is 5.58. The lowest BCUT2D eigenvalue weighted by Crippen LogP contribution is -2.27. The van der Waals surface area contributed by atoms with Crippen LogP contribution in [0.5, 0.6) is 5.75 Å². The first-order chi connectivity index (χ1) is 13.3. The Morgan fingerprint density at radius 3 is 2.46 bits per heavy atom. The lowest BCUT2D eigenvalue weighted by Gasteiger charge is -2.09. The first-order valence-electron chi connectivity index (χ1n) is 8.16. The summed E-state index contributed by atoms with van der Waals surface area (Å²) in [5, 5.41) is 11.3. The van der Waals surface area contributed by atoms with E-state index in [4.69, 9.17) is 14.6 Å². The zero-order chi connectivity index (χ0) is 20.6. The summed E-state index contributed by atoms with van der Waals surface area (Å²) in [5.74, 6) is -1.27. The predicted octanol–water partition coefficient (Wildman–Crippen LogP) is 1.33. The number of benzene rings is 2. The van der Waals surface area contributed by atoms with Crippen molar-refractivity contribution in [3.8, 4) is 5.75 Å². The number of aliphatic carboxylic acids is 1. The standard InChI is InChI=1S/C18H20N2O7S/c1-26-10-9-19-28(24,25)16-7-5-13(6-8-16)18(23)20-14-3-2-4-15(11-14)27-12-17(21)22/h2-8,11,19H,9-10,12H2,1H3,(H,20,23)(H,21,22). The SMILES string of the molecule is COCCNS(=O)(=O)c1ccc(C(=O)Nc2cccc(OCC(=O)O)c2)cc1. The van der Waals surface area contributed by atoms with E-state index < -0.39 is 28.5 Å². The molecule has 0 aromatic heterocycles. The van der Waals surface area contributed by atoms with Crippen LogP contribution in [0, 0.1) is 0 Å². The van der Waals surface area contributed by atoms with Crippen LogP contribution in [-0.2, 0) is 19.6 Å². The van der Waals surface area contributed by atoms with Crippen molar-refractivity contribution < 1.29 is 32.6 Å². The van der Waals surface area contributed by atoms with Crippen molar-refractivity contribution in [2.45, 2.75) is 4.90 Å². The van der Waals surface area contributed by atoms with E-state index in [9.17, 15) is 18.0 Å². The minimum Gasteiger partial charge on any atom is -0.482 e. The molecule has 0 unspecified atom stereocenters. The number of rotatable bonds is 10. The Kier molecular flexibility index (Phi) is 7.50. The molecule has 0 heterocycles. The summed E-state index contributed by atoms with van der Waals surface area (Å²) in [4.78, 5) is 22.9. The highest BCUT2D eigenvalue weighted by atomic mass is 32.2. The fraction of sp³-hybridized carbons (Fsp3) is 0.222. The molecule has 0 bridgehead atoms. The fourth-order valence-electron chi connectivity index (χ4n) is 2.16. The van der Waals surface area contributed by atoms with E-state index in [-0.39, 0.29) is 23.6 Å². The number of hydrogen-bond acceptors (Lipinski definition) is 6. The van der Waals surface area contributed by atoms with Gasteiger partial charge >= 0.3 is 5.97 Å². The first kappa shape index (κ1) is 21.4. The lowest BCUT2D eigenvalue weighted by atomic mass is 10.2. The van der Waals surface area contributed by atoms with Crippen molar-refractivity contribution >= 4 is 27.6 Å². The molecule has 0 spiro atoms. The van der Waals surface area contributed by atoms with Gasteiger partial charge in [-0.3, -0.25) is 4.79 Å². The van der Waals surface area contributed by atoms with Crippen LogP contribution in [0.15, 0.2) is 53.4 Å². The molecule has 150 valence electrons. The number of amides is 1. The number of carboxylic acids is 1. The van der Waals surface area contributed by atoms with E-state index in [1.54, 1.807) is 18.2 Å². The van der Waals surface area contributed by atoms with E-state index in [0.29, 0.717) is 11.4 Å². The quantitative estimate of drug-likeness (QED) is 0.505. The smallest absolute Gasteiger partial charge is 0.341 e. The molecule has 0 saturated heterocycles. The van der Waals surface area contributed by atoms with Gasteiger partial charge in [0.15, 0.2) is 6.61 Å². The van der Waals surface area contributed by atoms with Gasteiger partial charge in [0.2, 0.25) is 10.0 Å². The number of carbonyl (C=O) groups excluding carboxylic acids is 1. The number of anilines is 1. The van der Waals surface area contributed by atoms with Crippen molar-refractivity contribution in [2.24, 2.45) is 0 Å². The van der Waals surface area contributed by atoms with Crippen molar-refractivity contribution in [1.29, 1.82) is 0 Å². The Bertz CT molecular complexity index is 927. The molecule has 1 amide bonds. The number of sulfonamides is 1. The van der Waals surface area contributed by atoms with Crippen molar-refractivity contribution in [3.63, 3.8) is 0 Å². The largest absolute Gasteiger partial charge is 0.482 e. The van der Waals surface area contributed by atoms with Gasteiger partial charge in [-0.1, -0.05) is 6.07 Å². The maximum atomic E-state index is 12.3. The summed E-state index contributed by atoms with van der Waals surface area (Å²) in [6, 6.07) is 11.7. The van der Waals surface area contributed by atoms with Crippen LogP contribution in [0.25, 0.3) is 0 Å². The Balaban J connectivity index is 2.03. The molecule has 0 saturated carbocycles. The van der Waals surface area contributed by atoms with Gasteiger partial charge in [-0.15, -0.1) is 0 Å². The van der Waals surface area contributed by atoms with E-state index >= 15 is 0 Å². The summed E-state index contributed by atoms with van der Waals surface area (Å²) in [6.45, 7) is -0.109. The number of carboxylic acid groups (broad SMARTS) is 1. The maximum Gasteiger partial charge on any atom is 0.341 e. The minimum atomic E-state index is -3.68. The van der Waals surface area contributed by atoms with Crippen LogP contribution in [0.4, 0.5) is 5.69 Å². The Hall–Kier alpha value is -2.95. The predicted molar refractivity (Wildman–Crippen MR) is 101 cm³/mol. The highest BCUT2D eigenvalue weighted by Gasteiger charge is 2.14. The average Bonchev–Trinajstić information content (AvgIpc) is 2.67. The average molecular weight is 408 g/mol. The lowest BCUT2D eigenvalue weighted by molar-refractivity contribution is -0.139. The van der Waals surface area contributed by atoms with Gasteiger partial charge in [-0.2, -0.15) is 0 Å². The molecule has 0 aliphatic rings. The second-order valence-corrected chi connectivity index (χ2v) is 7.35. The molecule has 0 aliphatic heterocycles. The Labute approximate surface area is 162 Å². The molecule has 2 aromatic carbocycles. The van der Waals surface area contributed by atoms with Crippen molar-refractivity contribution in [1.82, 2.24) is 4.72 Å². The molecule has 0 fully saturated rings. The highest BCUT2D eigenvalue weighted by molar-refractivity contribution is 7.89. The van der Waals surface area contributed by atoms with E-state index in [0.717, 1.165) is 0 Å². The molecular formula is C18H20N2O7S. The van der Waals surface area contributed by atoms with Gasteiger partial charge in [0, 0.05) is 31.0 Å². The molecule has 0 aliphatic carbocycles.